The Morgan fingerprint density at radius 1 is 1.11 bits per heavy atom. The molecule has 2 unspecified atom stereocenters. The van der Waals surface area contributed by atoms with Crippen LogP contribution in [0.15, 0.2) is 10.8 Å². The zero-order chi connectivity index (χ0) is 21.5. The molecule has 0 spiro atoms. The van der Waals surface area contributed by atoms with E-state index in [0.29, 0.717) is 0 Å². The maximum absolute atomic E-state index is 13.9. The number of carbonyl (C=O) groups excluding carboxylic acids is 1. The van der Waals surface area contributed by atoms with E-state index in [1.165, 1.54) is 10.8 Å². The van der Waals surface area contributed by atoms with E-state index < -0.39 is 55.3 Å². The highest BCUT2D eigenvalue weighted by Gasteiger charge is 2.81. The normalized spacial score (nSPS) is 19.2. The lowest BCUT2D eigenvalue weighted by Gasteiger charge is -2.37. The van der Waals surface area contributed by atoms with Crippen molar-refractivity contribution in [1.82, 2.24) is 0 Å². The van der Waals surface area contributed by atoms with Gasteiger partial charge in [-0.25, -0.2) is 4.79 Å². The van der Waals surface area contributed by atoms with E-state index in [2.05, 4.69) is 10.5 Å². The Morgan fingerprint density at radius 3 is 2.21 bits per heavy atom. The number of nitrogens with two attached hydrogens (primary N) is 1. The van der Waals surface area contributed by atoms with Crippen molar-refractivity contribution >= 4 is 17.4 Å². The van der Waals surface area contributed by atoms with Gasteiger partial charge in [-0.2, -0.15) is 39.5 Å². The van der Waals surface area contributed by atoms with Crippen molar-refractivity contribution in [2.24, 2.45) is 5.73 Å². The van der Waals surface area contributed by atoms with E-state index in [9.17, 15) is 44.3 Å². The molecule has 2 rings (SSSR count). The highest BCUT2D eigenvalue weighted by Crippen LogP contribution is 2.54. The minimum absolute atomic E-state index is 0.0602. The van der Waals surface area contributed by atoms with Crippen LogP contribution in [0.2, 0.25) is 0 Å². The summed E-state index contributed by atoms with van der Waals surface area (Å²) in [6, 6.07) is 0. The van der Waals surface area contributed by atoms with Crippen molar-refractivity contribution in [2.75, 3.05) is 6.61 Å². The number of rotatable bonds is 6. The number of hydrogen-bond acceptors (Lipinski definition) is 5. The fourth-order valence-electron chi connectivity index (χ4n) is 2.20. The van der Waals surface area contributed by atoms with E-state index in [1.54, 1.807) is 0 Å². The molecule has 28 heavy (non-hydrogen) atoms. The molecule has 160 valence electrons. The molecule has 2 N–H and O–H groups in total. The second-order valence-electron chi connectivity index (χ2n) is 5.60. The molecule has 1 aliphatic rings. The Bertz CT molecular complexity index is 721. The quantitative estimate of drug-likeness (QED) is 0.664. The van der Waals surface area contributed by atoms with Gasteiger partial charge < -0.3 is 19.9 Å². The maximum Gasteiger partial charge on any atom is 0.460 e. The molecule has 0 saturated carbocycles. The SMILES string of the molecule is NC(=O)OC(CC(F)(F)C(F)(F)C(F)(F)C(F)(F)F)C1COc2cscc2O1. The Morgan fingerprint density at radius 2 is 1.68 bits per heavy atom. The highest BCUT2D eigenvalue weighted by molar-refractivity contribution is 7.08. The molecular weight excluding hydrogens is 437 g/mol. The van der Waals surface area contributed by atoms with Crippen molar-refractivity contribution in [1.29, 1.82) is 0 Å². The maximum atomic E-state index is 13.9. The third kappa shape index (κ3) is 3.89. The van der Waals surface area contributed by atoms with Gasteiger partial charge in [-0.1, -0.05) is 0 Å². The lowest BCUT2D eigenvalue weighted by atomic mass is 9.96. The van der Waals surface area contributed by atoms with Crippen LogP contribution in [0.25, 0.3) is 0 Å². The van der Waals surface area contributed by atoms with Crippen LogP contribution >= 0.6 is 11.3 Å². The van der Waals surface area contributed by atoms with Gasteiger partial charge in [-0.3, -0.25) is 0 Å². The number of thiophene rings is 1. The smallest absolute Gasteiger partial charge is 0.460 e. The molecule has 1 amide bonds. The summed E-state index contributed by atoms with van der Waals surface area (Å²) < 4.78 is 132. The standard InChI is InChI=1S/C13H10F9NO4S/c14-10(15,11(16,17)12(18,19)13(20,21)22)1-5(27-9(23)24)6-2-25-7-3-28-4-8(7)26-6/h3-6H,1-2H2,(H2,23,24). The summed E-state index contributed by atoms with van der Waals surface area (Å²) in [6.07, 6.45) is -15.3. The fraction of sp³-hybridized carbons (Fsp3) is 0.615. The van der Waals surface area contributed by atoms with Crippen molar-refractivity contribution < 1.29 is 58.5 Å². The van der Waals surface area contributed by atoms with Gasteiger partial charge >= 0.3 is 30.0 Å². The molecule has 0 aliphatic carbocycles. The summed E-state index contributed by atoms with van der Waals surface area (Å²) in [5.41, 5.74) is 4.64. The third-order valence-electron chi connectivity index (χ3n) is 3.62. The Labute approximate surface area is 154 Å². The number of carbonyl (C=O) groups is 1. The molecule has 0 bridgehead atoms. The Hall–Kier alpha value is -2.06. The lowest BCUT2D eigenvalue weighted by Crippen LogP contribution is -2.62. The third-order valence-corrected chi connectivity index (χ3v) is 4.32. The van der Waals surface area contributed by atoms with Crippen LogP contribution in [-0.4, -0.2) is 48.9 Å². The fourth-order valence-corrected chi connectivity index (χ4v) is 2.87. The molecule has 1 aliphatic heterocycles. The summed E-state index contributed by atoms with van der Waals surface area (Å²) in [4.78, 5) is 10.9. The van der Waals surface area contributed by atoms with E-state index in [4.69, 9.17) is 9.47 Å². The molecule has 5 nitrogen and oxygen atoms in total. The summed E-state index contributed by atoms with van der Waals surface area (Å²) >= 11 is 1.03. The van der Waals surface area contributed by atoms with Gasteiger partial charge in [-0.15, -0.1) is 11.3 Å². The van der Waals surface area contributed by atoms with Crippen LogP contribution in [-0.2, 0) is 4.74 Å². The van der Waals surface area contributed by atoms with Gasteiger partial charge in [0.2, 0.25) is 0 Å². The molecule has 0 aromatic carbocycles. The Balaban J connectivity index is 2.29. The number of ether oxygens (including phenoxy) is 3. The minimum Gasteiger partial charge on any atom is -0.485 e. The van der Waals surface area contributed by atoms with Gasteiger partial charge in [-0.05, 0) is 0 Å². The monoisotopic (exact) mass is 447 g/mol. The first-order valence-electron chi connectivity index (χ1n) is 7.12. The number of hydrogen-bond donors (Lipinski definition) is 1. The van der Waals surface area contributed by atoms with Crippen molar-refractivity contribution in [3.63, 3.8) is 0 Å². The van der Waals surface area contributed by atoms with Gasteiger partial charge in [0.15, 0.2) is 17.6 Å². The average molecular weight is 447 g/mol. The van der Waals surface area contributed by atoms with E-state index in [0.717, 1.165) is 11.3 Å². The molecule has 1 aromatic rings. The molecule has 0 saturated heterocycles. The number of alkyl halides is 9. The van der Waals surface area contributed by atoms with Crippen molar-refractivity contribution in [3.05, 3.63) is 10.8 Å². The summed E-state index contributed by atoms with van der Waals surface area (Å²) in [7, 11) is 0. The first kappa shape index (κ1) is 22.2. The largest absolute Gasteiger partial charge is 0.485 e. The number of fused-ring (bicyclic) bond motifs is 1. The van der Waals surface area contributed by atoms with E-state index >= 15 is 0 Å². The van der Waals surface area contributed by atoms with E-state index in [-0.39, 0.29) is 11.5 Å². The van der Waals surface area contributed by atoms with E-state index in [1.807, 2.05) is 0 Å². The molecule has 2 heterocycles. The molecule has 1 aromatic heterocycles. The molecule has 2 atom stereocenters. The van der Waals surface area contributed by atoms with Crippen LogP contribution < -0.4 is 15.2 Å². The average Bonchev–Trinajstić information content (AvgIpc) is 2.99. The zero-order valence-electron chi connectivity index (χ0n) is 13.2. The first-order chi connectivity index (χ1) is 12.6. The molecular formula is C13H10F9NO4S. The summed E-state index contributed by atoms with van der Waals surface area (Å²) in [6.45, 7) is -0.654. The minimum atomic E-state index is -7.06. The number of primary amides is 1. The lowest BCUT2D eigenvalue weighted by molar-refractivity contribution is -0.398. The van der Waals surface area contributed by atoms with Crippen LogP contribution in [0.4, 0.5) is 44.3 Å². The van der Waals surface area contributed by atoms with Crippen LogP contribution in [0.3, 0.4) is 0 Å². The molecule has 0 radical (unpaired) electrons. The van der Waals surface area contributed by atoms with Crippen molar-refractivity contribution in [2.45, 2.75) is 42.6 Å². The second kappa shape index (κ2) is 7.08. The second-order valence-corrected chi connectivity index (χ2v) is 6.34. The summed E-state index contributed by atoms with van der Waals surface area (Å²) in [5.74, 6) is -19.8. The first-order valence-corrected chi connectivity index (χ1v) is 8.06. The summed E-state index contributed by atoms with van der Waals surface area (Å²) in [5, 5.41) is 2.72. The van der Waals surface area contributed by atoms with Gasteiger partial charge in [0.05, 0.1) is 6.42 Å². The van der Waals surface area contributed by atoms with Crippen molar-refractivity contribution in [3.8, 4) is 11.5 Å². The predicted molar refractivity (Wildman–Crippen MR) is 74.2 cm³/mol. The molecule has 15 heteroatoms. The van der Waals surface area contributed by atoms with Gasteiger partial charge in [0, 0.05) is 10.8 Å². The Kier molecular flexibility index (Phi) is 5.62. The highest BCUT2D eigenvalue weighted by atomic mass is 32.1. The number of amides is 1. The van der Waals surface area contributed by atoms with Gasteiger partial charge in [0.25, 0.3) is 0 Å². The zero-order valence-corrected chi connectivity index (χ0v) is 14.1. The predicted octanol–water partition coefficient (Wildman–Crippen LogP) is 4.21. The van der Waals surface area contributed by atoms with Crippen LogP contribution in [0, 0.1) is 0 Å². The van der Waals surface area contributed by atoms with Crippen LogP contribution in [0.5, 0.6) is 11.5 Å². The van der Waals surface area contributed by atoms with Crippen LogP contribution in [0.1, 0.15) is 6.42 Å². The number of halogens is 9. The topological polar surface area (TPSA) is 70.8 Å². The van der Waals surface area contributed by atoms with Gasteiger partial charge in [0.1, 0.15) is 12.7 Å². The molecule has 0 fully saturated rings.